The fraction of sp³-hybridized carbons (Fsp3) is 0.480. The Labute approximate surface area is 174 Å². The minimum Gasteiger partial charge on any atom is -0.338 e. The van der Waals surface area contributed by atoms with E-state index < -0.39 is 0 Å². The number of hydrogen-bond donors (Lipinski definition) is 1. The second-order valence-corrected chi connectivity index (χ2v) is 8.56. The highest BCUT2D eigenvalue weighted by atomic mass is 16.2. The van der Waals surface area contributed by atoms with E-state index in [2.05, 4.69) is 70.9 Å². The average Bonchev–Trinajstić information content (AvgIpc) is 2.80. The number of hydrogen-bond acceptors (Lipinski definition) is 2. The number of carbonyl (C=O) groups is 1. The maximum atomic E-state index is 12.6. The molecule has 2 saturated heterocycles. The molecule has 2 amide bonds. The Morgan fingerprint density at radius 1 is 0.828 bits per heavy atom. The van der Waals surface area contributed by atoms with Crippen molar-refractivity contribution < 1.29 is 4.79 Å². The van der Waals surface area contributed by atoms with Crippen molar-refractivity contribution in [1.82, 2.24) is 15.1 Å². The molecule has 0 aliphatic carbocycles. The summed E-state index contributed by atoms with van der Waals surface area (Å²) in [6, 6.07) is 21.5. The van der Waals surface area contributed by atoms with Gasteiger partial charge in [0.2, 0.25) is 0 Å². The molecule has 4 rings (SSSR count). The molecule has 0 aromatic heterocycles. The van der Waals surface area contributed by atoms with E-state index >= 15 is 0 Å². The molecular weight excluding hydrogens is 358 g/mol. The summed E-state index contributed by atoms with van der Waals surface area (Å²) >= 11 is 0. The zero-order valence-corrected chi connectivity index (χ0v) is 17.3. The van der Waals surface area contributed by atoms with E-state index in [-0.39, 0.29) is 6.03 Å². The van der Waals surface area contributed by atoms with Gasteiger partial charge in [0.15, 0.2) is 0 Å². The van der Waals surface area contributed by atoms with E-state index in [9.17, 15) is 4.79 Å². The number of carbonyl (C=O) groups excluding carboxylic acids is 1. The molecule has 29 heavy (non-hydrogen) atoms. The molecule has 0 unspecified atom stereocenters. The third kappa shape index (κ3) is 5.60. The Morgan fingerprint density at radius 2 is 1.45 bits per heavy atom. The second kappa shape index (κ2) is 9.93. The van der Waals surface area contributed by atoms with E-state index in [0.717, 1.165) is 52.1 Å². The van der Waals surface area contributed by atoms with Crippen molar-refractivity contribution >= 4 is 6.03 Å². The lowest BCUT2D eigenvalue weighted by molar-refractivity contribution is 0.162. The number of benzene rings is 2. The molecule has 0 radical (unpaired) electrons. The van der Waals surface area contributed by atoms with Crippen molar-refractivity contribution in [1.29, 1.82) is 0 Å². The predicted octanol–water partition coefficient (Wildman–Crippen LogP) is 4.49. The molecule has 0 atom stereocenters. The monoisotopic (exact) mass is 391 g/mol. The van der Waals surface area contributed by atoms with E-state index in [0.29, 0.717) is 11.8 Å². The summed E-state index contributed by atoms with van der Waals surface area (Å²) in [4.78, 5) is 17.1. The summed E-state index contributed by atoms with van der Waals surface area (Å²) in [6.45, 7) is 5.82. The van der Waals surface area contributed by atoms with Crippen LogP contribution in [-0.4, -0.2) is 48.6 Å². The molecule has 2 aliphatic heterocycles. The van der Waals surface area contributed by atoms with Crippen LogP contribution in [0.15, 0.2) is 60.7 Å². The molecule has 2 aromatic rings. The van der Waals surface area contributed by atoms with Crippen LogP contribution in [0.3, 0.4) is 0 Å². The predicted molar refractivity (Wildman–Crippen MR) is 118 cm³/mol. The van der Waals surface area contributed by atoms with Gasteiger partial charge in [0, 0.05) is 26.2 Å². The molecule has 2 aliphatic rings. The van der Waals surface area contributed by atoms with Crippen LogP contribution in [0.1, 0.15) is 42.7 Å². The summed E-state index contributed by atoms with van der Waals surface area (Å²) in [7, 11) is 0. The number of nitrogens with one attached hydrogen (secondary N) is 1. The number of rotatable bonds is 5. The van der Waals surface area contributed by atoms with Crippen LogP contribution in [-0.2, 0) is 6.54 Å². The maximum Gasteiger partial charge on any atom is 0.317 e. The first-order chi connectivity index (χ1) is 14.3. The fourth-order valence-electron chi connectivity index (χ4n) is 4.67. The van der Waals surface area contributed by atoms with E-state index in [4.69, 9.17) is 0 Å². The van der Waals surface area contributed by atoms with Crippen molar-refractivity contribution in [2.45, 2.75) is 38.1 Å². The molecule has 0 saturated carbocycles. The Kier molecular flexibility index (Phi) is 6.83. The number of piperidine rings is 2. The van der Waals surface area contributed by atoms with Crippen LogP contribution >= 0.6 is 0 Å². The van der Waals surface area contributed by atoms with Gasteiger partial charge in [-0.05, 0) is 61.7 Å². The van der Waals surface area contributed by atoms with Gasteiger partial charge in [-0.2, -0.15) is 0 Å². The molecule has 2 heterocycles. The molecule has 4 heteroatoms. The molecule has 0 spiro atoms. The Morgan fingerprint density at radius 3 is 2.10 bits per heavy atom. The summed E-state index contributed by atoms with van der Waals surface area (Å²) in [6.07, 6.45) is 4.47. The summed E-state index contributed by atoms with van der Waals surface area (Å²) in [5.74, 6) is 1.20. The first kappa shape index (κ1) is 20.0. The smallest absolute Gasteiger partial charge is 0.317 e. The van der Waals surface area contributed by atoms with Crippen LogP contribution in [0, 0.1) is 5.92 Å². The molecule has 0 bridgehead atoms. The normalized spacial score (nSPS) is 19.2. The number of amides is 2. The summed E-state index contributed by atoms with van der Waals surface area (Å²) in [5, 5.41) is 3.21. The van der Waals surface area contributed by atoms with Gasteiger partial charge in [-0.3, -0.25) is 4.90 Å². The van der Waals surface area contributed by atoms with Gasteiger partial charge in [-0.25, -0.2) is 4.79 Å². The Balaban J connectivity index is 1.15. The van der Waals surface area contributed by atoms with E-state index in [1.807, 2.05) is 4.90 Å². The second-order valence-electron chi connectivity index (χ2n) is 8.56. The fourth-order valence-corrected chi connectivity index (χ4v) is 4.67. The van der Waals surface area contributed by atoms with Gasteiger partial charge in [0.25, 0.3) is 0 Å². The first-order valence-corrected chi connectivity index (χ1v) is 11.1. The lowest BCUT2D eigenvalue weighted by Gasteiger charge is -2.34. The van der Waals surface area contributed by atoms with Crippen LogP contribution in [0.5, 0.6) is 0 Å². The number of likely N-dealkylation sites (tertiary alicyclic amines) is 2. The average molecular weight is 392 g/mol. The van der Waals surface area contributed by atoms with E-state index in [1.54, 1.807) is 0 Å². The van der Waals surface area contributed by atoms with Crippen LogP contribution in [0.2, 0.25) is 0 Å². The topological polar surface area (TPSA) is 35.6 Å². The number of nitrogens with zero attached hydrogens (tertiary/aromatic N) is 2. The first-order valence-electron chi connectivity index (χ1n) is 11.1. The van der Waals surface area contributed by atoms with Gasteiger partial charge in [0.05, 0.1) is 0 Å². The van der Waals surface area contributed by atoms with Crippen molar-refractivity contribution in [3.63, 3.8) is 0 Å². The van der Waals surface area contributed by atoms with Crippen molar-refractivity contribution in [2.75, 3.05) is 32.7 Å². The van der Waals surface area contributed by atoms with Crippen molar-refractivity contribution in [2.24, 2.45) is 5.92 Å². The minimum atomic E-state index is 0.128. The minimum absolute atomic E-state index is 0.128. The lowest BCUT2D eigenvalue weighted by Crippen LogP contribution is -2.46. The Hall–Kier alpha value is -2.33. The molecule has 154 valence electrons. The van der Waals surface area contributed by atoms with Crippen molar-refractivity contribution in [3.8, 4) is 0 Å². The lowest BCUT2D eigenvalue weighted by atomic mass is 9.89. The molecule has 4 nitrogen and oxygen atoms in total. The standard InChI is InChI=1S/C25H33N3O/c29-25(28-17-13-24(14-18-28)23-9-5-2-6-10-23)26-19-21-11-15-27(16-12-21)20-22-7-3-1-4-8-22/h1-10,21,24H,11-20H2,(H,26,29). The highest BCUT2D eigenvalue weighted by molar-refractivity contribution is 5.74. The molecule has 2 aromatic carbocycles. The zero-order chi connectivity index (χ0) is 19.9. The van der Waals surface area contributed by atoms with Crippen molar-refractivity contribution in [3.05, 3.63) is 71.8 Å². The van der Waals surface area contributed by atoms with Crippen LogP contribution < -0.4 is 5.32 Å². The summed E-state index contributed by atoms with van der Waals surface area (Å²) < 4.78 is 0. The van der Waals surface area contributed by atoms with Gasteiger partial charge < -0.3 is 10.2 Å². The maximum absolute atomic E-state index is 12.6. The van der Waals surface area contributed by atoms with E-state index in [1.165, 1.54) is 24.0 Å². The van der Waals surface area contributed by atoms with Gasteiger partial charge >= 0.3 is 6.03 Å². The molecule has 1 N–H and O–H groups in total. The third-order valence-corrected chi connectivity index (χ3v) is 6.55. The van der Waals surface area contributed by atoms with Gasteiger partial charge in [-0.15, -0.1) is 0 Å². The summed E-state index contributed by atoms with van der Waals surface area (Å²) in [5.41, 5.74) is 2.80. The van der Waals surface area contributed by atoms with Crippen LogP contribution in [0.25, 0.3) is 0 Å². The quantitative estimate of drug-likeness (QED) is 0.815. The van der Waals surface area contributed by atoms with Crippen LogP contribution in [0.4, 0.5) is 4.79 Å². The third-order valence-electron chi connectivity index (χ3n) is 6.55. The number of urea groups is 1. The molecule has 2 fully saturated rings. The highest BCUT2D eigenvalue weighted by Crippen LogP contribution is 2.27. The largest absolute Gasteiger partial charge is 0.338 e. The highest BCUT2D eigenvalue weighted by Gasteiger charge is 2.25. The zero-order valence-electron chi connectivity index (χ0n) is 17.3. The SMILES string of the molecule is O=C(NCC1CCN(Cc2ccccc2)CC1)N1CCC(c2ccccc2)CC1. The van der Waals surface area contributed by atoms with Gasteiger partial charge in [0.1, 0.15) is 0 Å². The van der Waals surface area contributed by atoms with Gasteiger partial charge in [-0.1, -0.05) is 60.7 Å². The molecular formula is C25H33N3O. The Bertz CT molecular complexity index is 748.